The van der Waals surface area contributed by atoms with E-state index in [2.05, 4.69) is 22.6 Å². The molecule has 6 heterocycles. The third-order valence-electron chi connectivity index (χ3n) is 12.6. The number of piperazine rings is 1. The van der Waals surface area contributed by atoms with Gasteiger partial charge in [-0.3, -0.25) is 33.8 Å². The fourth-order valence-corrected chi connectivity index (χ4v) is 8.84. The number of carbonyl (C=O) groups is 5. The van der Waals surface area contributed by atoms with E-state index in [9.17, 15) is 33.9 Å². The monoisotopic (exact) mass is 850 g/mol. The van der Waals surface area contributed by atoms with Crippen LogP contribution in [-0.2, 0) is 60.6 Å². The Morgan fingerprint density at radius 1 is 1.05 bits per heavy atom. The minimum Gasteiger partial charge on any atom is -0.494 e. The van der Waals surface area contributed by atoms with E-state index in [0.29, 0.717) is 34.5 Å². The summed E-state index contributed by atoms with van der Waals surface area (Å²) in [5, 5.41) is 17.6. The van der Waals surface area contributed by atoms with E-state index >= 15 is 4.39 Å². The quantitative estimate of drug-likeness (QED) is 0.0898. The molecule has 4 aromatic rings. The van der Waals surface area contributed by atoms with Gasteiger partial charge in [0.25, 0.3) is 17.4 Å². The topological polar surface area (TPSA) is 189 Å². The molecular formula is C45H49FN7O9+. The van der Waals surface area contributed by atoms with Crippen molar-refractivity contribution in [1.29, 1.82) is 0 Å². The number of rotatable bonds is 13. The highest BCUT2D eigenvalue weighted by atomic mass is 19.1. The summed E-state index contributed by atoms with van der Waals surface area (Å²) in [7, 11) is 3.62. The predicted molar refractivity (Wildman–Crippen MR) is 224 cm³/mol. The van der Waals surface area contributed by atoms with Gasteiger partial charge in [-0.25, -0.2) is 14.2 Å². The van der Waals surface area contributed by atoms with Crippen molar-refractivity contribution in [1.82, 2.24) is 24.7 Å². The summed E-state index contributed by atoms with van der Waals surface area (Å²) in [4.78, 5) is 83.7. The van der Waals surface area contributed by atoms with Crippen LogP contribution in [-0.4, -0.2) is 111 Å². The number of esters is 1. The van der Waals surface area contributed by atoms with Gasteiger partial charge in [-0.1, -0.05) is 19.1 Å². The summed E-state index contributed by atoms with van der Waals surface area (Å²) < 4.78 is 28.2. The number of anilines is 1. The van der Waals surface area contributed by atoms with Crippen LogP contribution in [0.25, 0.3) is 22.3 Å². The third kappa shape index (κ3) is 7.87. The van der Waals surface area contributed by atoms with Gasteiger partial charge in [0.1, 0.15) is 19.2 Å². The summed E-state index contributed by atoms with van der Waals surface area (Å²) in [6.45, 7) is 7.76. The van der Waals surface area contributed by atoms with Crippen LogP contribution >= 0.6 is 0 Å². The normalized spacial score (nSPS) is 19.5. The van der Waals surface area contributed by atoms with Crippen molar-refractivity contribution in [3.63, 3.8) is 0 Å². The molecule has 4 amide bonds. The highest BCUT2D eigenvalue weighted by Gasteiger charge is 2.45. The van der Waals surface area contributed by atoms with Gasteiger partial charge >= 0.3 is 5.97 Å². The highest BCUT2D eigenvalue weighted by molar-refractivity contribution is 6.12. The maximum Gasteiger partial charge on any atom is 0.343 e. The first-order valence-electron chi connectivity index (χ1n) is 20.8. The zero-order valence-corrected chi connectivity index (χ0v) is 35.1. The van der Waals surface area contributed by atoms with Crippen molar-refractivity contribution in [2.24, 2.45) is 0 Å². The number of halogens is 1. The van der Waals surface area contributed by atoms with Crippen LogP contribution in [0.1, 0.15) is 60.9 Å². The fourth-order valence-electron chi connectivity index (χ4n) is 8.84. The fraction of sp³-hybridized carbons (Fsp3) is 0.400. The largest absolute Gasteiger partial charge is 0.494 e. The molecule has 17 heteroatoms. The Kier molecular flexibility index (Phi) is 11.3. The molecule has 1 unspecified atom stereocenters. The lowest BCUT2D eigenvalue weighted by Gasteiger charge is -2.42. The van der Waals surface area contributed by atoms with E-state index in [1.54, 1.807) is 30.5 Å². The smallest absolute Gasteiger partial charge is 0.343 e. The molecule has 324 valence electrons. The number of imide groups is 1. The van der Waals surface area contributed by atoms with Crippen LogP contribution < -0.4 is 20.9 Å². The molecule has 8 rings (SSSR count). The van der Waals surface area contributed by atoms with Crippen LogP contribution in [0.3, 0.4) is 0 Å². The van der Waals surface area contributed by atoms with E-state index < -0.39 is 35.2 Å². The summed E-state index contributed by atoms with van der Waals surface area (Å²) >= 11 is 0. The number of amides is 4. The first-order chi connectivity index (χ1) is 29.6. The summed E-state index contributed by atoms with van der Waals surface area (Å²) in [6, 6.07) is 11.5. The summed E-state index contributed by atoms with van der Waals surface area (Å²) in [6.07, 6.45) is 2.76. The molecule has 1 fully saturated rings. The van der Waals surface area contributed by atoms with E-state index in [-0.39, 0.29) is 73.2 Å². The molecule has 4 aliphatic rings. The van der Waals surface area contributed by atoms with Gasteiger partial charge in [-0.2, -0.15) is 0 Å². The number of carbonyl (C=O) groups excluding carboxylic acids is 5. The summed E-state index contributed by atoms with van der Waals surface area (Å²) in [5.41, 5.74) is 2.86. The lowest BCUT2D eigenvalue weighted by Crippen LogP contribution is -2.56. The second kappa shape index (κ2) is 16.5. The minimum absolute atomic E-state index is 0.0196. The van der Waals surface area contributed by atoms with Crippen LogP contribution in [0, 0.1) is 5.82 Å². The molecule has 0 saturated carbocycles. The average Bonchev–Trinajstić information content (AvgIpc) is 3.78. The Bertz CT molecular complexity index is 2600. The van der Waals surface area contributed by atoms with Gasteiger partial charge in [0.15, 0.2) is 17.2 Å². The number of aliphatic hydroxyl groups is 1. The third-order valence-corrected chi connectivity index (χ3v) is 12.6. The Morgan fingerprint density at radius 2 is 1.76 bits per heavy atom. The molecule has 2 atom stereocenters. The van der Waals surface area contributed by atoms with Crippen molar-refractivity contribution in [3.8, 4) is 17.1 Å². The van der Waals surface area contributed by atoms with E-state index in [1.165, 1.54) is 25.3 Å². The predicted octanol–water partition coefficient (Wildman–Crippen LogP) is 2.84. The molecule has 62 heavy (non-hydrogen) atoms. The molecule has 0 aliphatic carbocycles. The number of fused-ring (bicyclic) bond motifs is 5. The van der Waals surface area contributed by atoms with Crippen LogP contribution in [0.5, 0.6) is 5.75 Å². The van der Waals surface area contributed by atoms with Gasteiger partial charge < -0.3 is 34.3 Å². The van der Waals surface area contributed by atoms with Crippen molar-refractivity contribution in [2.45, 2.75) is 71.0 Å². The maximum absolute atomic E-state index is 15.2. The molecule has 2 aromatic heterocycles. The van der Waals surface area contributed by atoms with Crippen molar-refractivity contribution in [3.05, 3.63) is 98.6 Å². The number of nitrogens with zero attached hydrogens (tertiary/aromatic N) is 5. The van der Waals surface area contributed by atoms with Gasteiger partial charge in [0, 0.05) is 78.6 Å². The number of quaternary nitrogens is 1. The zero-order valence-electron chi connectivity index (χ0n) is 35.1. The maximum atomic E-state index is 15.2. The first-order valence-corrected chi connectivity index (χ1v) is 20.8. The van der Waals surface area contributed by atoms with Gasteiger partial charge in [-0.05, 0) is 49.6 Å². The summed E-state index contributed by atoms with van der Waals surface area (Å²) in [5.74, 6) is -2.82. The second-order valence-electron chi connectivity index (χ2n) is 16.8. The molecule has 0 spiro atoms. The SMILES string of the molecule is CC[C@@]1(O)C(=O)OCc2c1cc1n(c2=O)Cc2c-1nc1cc(F)c(OC)cc1c2CN1CC[N+](C)(Cc2ccc(NC(=O)C(C)NC(=O)CCCN3C(=O)C=CC3=O)cc2)CC1. The Morgan fingerprint density at radius 3 is 2.44 bits per heavy atom. The van der Waals surface area contributed by atoms with Crippen LogP contribution in [0.15, 0.2) is 59.4 Å². The van der Waals surface area contributed by atoms with Crippen molar-refractivity contribution >= 4 is 46.2 Å². The molecular weight excluding hydrogens is 802 g/mol. The van der Waals surface area contributed by atoms with E-state index in [1.807, 2.05) is 24.3 Å². The number of likely N-dealkylation sites (N-methyl/N-ethyl adjacent to an activating group) is 1. The zero-order chi connectivity index (χ0) is 44.1. The Labute approximate surface area is 356 Å². The number of hydrogen-bond donors (Lipinski definition) is 3. The molecule has 2 aromatic carbocycles. The van der Waals surface area contributed by atoms with E-state index in [4.69, 9.17) is 14.5 Å². The van der Waals surface area contributed by atoms with Gasteiger partial charge in [0.2, 0.25) is 11.8 Å². The molecule has 4 aliphatic heterocycles. The van der Waals surface area contributed by atoms with Crippen LogP contribution in [0.4, 0.5) is 10.1 Å². The number of methoxy groups -OCH3 is 1. The Balaban J connectivity index is 0.919. The highest BCUT2D eigenvalue weighted by Crippen LogP contribution is 2.41. The molecule has 0 bridgehead atoms. The number of ether oxygens (including phenoxy) is 2. The number of cyclic esters (lactones) is 1. The number of nitrogens with one attached hydrogen (secondary N) is 2. The number of benzene rings is 2. The number of aromatic nitrogens is 2. The average molecular weight is 851 g/mol. The lowest BCUT2D eigenvalue weighted by molar-refractivity contribution is -0.926. The molecule has 1 saturated heterocycles. The molecule has 0 radical (unpaired) electrons. The van der Waals surface area contributed by atoms with Crippen molar-refractivity contribution < 1.29 is 47.4 Å². The molecule has 16 nitrogen and oxygen atoms in total. The van der Waals surface area contributed by atoms with Crippen molar-refractivity contribution in [2.75, 3.05) is 52.2 Å². The minimum atomic E-state index is -1.97. The second-order valence-corrected chi connectivity index (χ2v) is 16.8. The van der Waals surface area contributed by atoms with Crippen LogP contribution in [0.2, 0.25) is 0 Å². The van der Waals surface area contributed by atoms with Gasteiger partial charge in [0.05, 0.1) is 56.3 Å². The van der Waals surface area contributed by atoms with E-state index in [0.717, 1.165) is 58.8 Å². The first kappa shape index (κ1) is 42.4. The standard InChI is InChI=1S/C45H48FN7O9/c1-5-45(60)33-20-36-41-31(23-52(36)43(58)32(33)25-62-44(45)59)30(29-19-37(61-4)34(46)21-35(29)49-41)22-50-15-17-53(3,18-16-50)24-27-8-10-28(11-9-27)48-42(57)26(2)47-38(54)7-6-14-51-39(55)12-13-40(51)56/h8-13,19-21,26,60H,5-7,14-18,22-25H2,1-4H3,(H-,47,48,54,57)/p+1/t26?,45-/m0/s1. The Hall–Kier alpha value is -6.30. The number of hydrogen-bond acceptors (Lipinski definition) is 11. The van der Waals surface area contributed by atoms with Gasteiger partial charge in [-0.15, -0.1) is 0 Å². The number of pyridine rings is 2. The lowest BCUT2D eigenvalue weighted by atomic mass is 9.86. The molecule has 3 N–H and O–H groups in total.